The normalized spacial score (nSPS) is 9.83. The number of hydrogen-bond donors (Lipinski definition) is 2. The van der Waals surface area contributed by atoms with Crippen molar-refractivity contribution in [3.05, 3.63) is 59.7 Å². The van der Waals surface area contributed by atoms with Gasteiger partial charge in [-0.05, 0) is 35.9 Å². The van der Waals surface area contributed by atoms with Crippen molar-refractivity contribution in [1.82, 2.24) is 5.32 Å². The van der Waals surface area contributed by atoms with Crippen molar-refractivity contribution in [2.75, 3.05) is 19.5 Å². The highest BCUT2D eigenvalue weighted by Crippen LogP contribution is 2.13. The van der Waals surface area contributed by atoms with E-state index in [0.29, 0.717) is 17.8 Å². The van der Waals surface area contributed by atoms with Gasteiger partial charge in [0.2, 0.25) is 0 Å². The molecule has 0 aromatic heterocycles. The average Bonchev–Trinajstić information content (AvgIpc) is 2.59. The highest BCUT2D eigenvalue weighted by molar-refractivity contribution is 5.93. The molecule has 2 rings (SSSR count). The molecule has 0 fully saturated rings. The van der Waals surface area contributed by atoms with Crippen LogP contribution in [0.25, 0.3) is 0 Å². The van der Waals surface area contributed by atoms with Gasteiger partial charge in [-0.1, -0.05) is 18.2 Å². The van der Waals surface area contributed by atoms with E-state index in [2.05, 4.69) is 15.4 Å². The van der Waals surface area contributed by atoms with Gasteiger partial charge >= 0.3 is 12.0 Å². The SMILES string of the molecule is COC(=O)c1cccc(NC(=O)NCc2cccc(OC)c2)c1. The number of amides is 2. The minimum absolute atomic E-state index is 0.361. The van der Waals surface area contributed by atoms with E-state index in [9.17, 15) is 9.59 Å². The van der Waals surface area contributed by atoms with E-state index >= 15 is 0 Å². The Morgan fingerprint density at radius 1 is 1.04 bits per heavy atom. The molecule has 120 valence electrons. The van der Waals surface area contributed by atoms with Crippen LogP contribution in [0.4, 0.5) is 10.5 Å². The number of esters is 1. The molecule has 23 heavy (non-hydrogen) atoms. The molecule has 0 saturated heterocycles. The molecule has 0 heterocycles. The van der Waals surface area contributed by atoms with Crippen LogP contribution in [0.15, 0.2) is 48.5 Å². The third-order valence-electron chi connectivity index (χ3n) is 3.13. The molecule has 0 atom stereocenters. The van der Waals surface area contributed by atoms with Gasteiger partial charge in [0.05, 0.1) is 19.8 Å². The van der Waals surface area contributed by atoms with Crippen LogP contribution >= 0.6 is 0 Å². The zero-order valence-electron chi connectivity index (χ0n) is 13.0. The van der Waals surface area contributed by atoms with Gasteiger partial charge in [0.15, 0.2) is 0 Å². The third kappa shape index (κ3) is 4.74. The molecule has 0 bridgehead atoms. The molecular formula is C17H18N2O4. The molecule has 0 radical (unpaired) electrons. The number of hydrogen-bond acceptors (Lipinski definition) is 4. The second-order valence-corrected chi connectivity index (χ2v) is 4.73. The second-order valence-electron chi connectivity index (χ2n) is 4.73. The minimum Gasteiger partial charge on any atom is -0.497 e. The second kappa shape index (κ2) is 7.84. The van der Waals surface area contributed by atoms with Crippen molar-refractivity contribution in [2.45, 2.75) is 6.54 Å². The van der Waals surface area contributed by atoms with E-state index in [1.54, 1.807) is 31.4 Å². The summed E-state index contributed by atoms with van der Waals surface area (Å²) in [5.74, 6) is 0.279. The van der Waals surface area contributed by atoms with Crippen LogP contribution in [0, 0.1) is 0 Å². The summed E-state index contributed by atoms with van der Waals surface area (Å²) < 4.78 is 9.78. The molecule has 0 unspecified atom stereocenters. The highest BCUT2D eigenvalue weighted by Gasteiger charge is 2.07. The van der Waals surface area contributed by atoms with E-state index < -0.39 is 5.97 Å². The first kappa shape index (κ1) is 16.4. The molecule has 2 N–H and O–H groups in total. The number of urea groups is 1. The number of anilines is 1. The summed E-state index contributed by atoms with van der Waals surface area (Å²) in [4.78, 5) is 23.4. The largest absolute Gasteiger partial charge is 0.497 e. The Morgan fingerprint density at radius 2 is 1.83 bits per heavy atom. The van der Waals surface area contributed by atoms with Crippen LogP contribution in [0.2, 0.25) is 0 Å². The minimum atomic E-state index is -0.453. The fraction of sp³-hybridized carbons (Fsp3) is 0.176. The zero-order chi connectivity index (χ0) is 16.7. The van der Waals surface area contributed by atoms with E-state index in [4.69, 9.17) is 4.74 Å². The summed E-state index contributed by atoms with van der Waals surface area (Å²) in [5, 5.41) is 5.41. The maximum atomic E-state index is 11.9. The zero-order valence-corrected chi connectivity index (χ0v) is 13.0. The van der Waals surface area contributed by atoms with Crippen molar-refractivity contribution in [3.63, 3.8) is 0 Å². The maximum Gasteiger partial charge on any atom is 0.337 e. The Bertz CT molecular complexity index is 700. The van der Waals surface area contributed by atoms with Crippen molar-refractivity contribution in [1.29, 1.82) is 0 Å². The number of benzene rings is 2. The van der Waals surface area contributed by atoms with Crippen molar-refractivity contribution in [3.8, 4) is 5.75 Å². The third-order valence-corrected chi connectivity index (χ3v) is 3.13. The molecule has 2 aromatic rings. The fourth-order valence-electron chi connectivity index (χ4n) is 1.98. The lowest BCUT2D eigenvalue weighted by Gasteiger charge is -2.09. The molecule has 6 heteroatoms. The molecular weight excluding hydrogens is 296 g/mol. The first-order chi connectivity index (χ1) is 11.1. The standard InChI is InChI=1S/C17H18N2O4/c1-22-15-8-3-5-12(9-15)11-18-17(21)19-14-7-4-6-13(10-14)16(20)23-2/h3-10H,11H2,1-2H3,(H2,18,19,21). The molecule has 2 aromatic carbocycles. The van der Waals surface area contributed by atoms with Crippen LogP contribution in [-0.4, -0.2) is 26.2 Å². The Labute approximate surface area is 134 Å². The van der Waals surface area contributed by atoms with Crippen molar-refractivity contribution in [2.24, 2.45) is 0 Å². The van der Waals surface area contributed by atoms with Gasteiger partial charge in [-0.2, -0.15) is 0 Å². The number of carbonyl (C=O) groups is 2. The number of methoxy groups -OCH3 is 2. The van der Waals surface area contributed by atoms with Gasteiger partial charge in [0.25, 0.3) is 0 Å². The van der Waals surface area contributed by atoms with Gasteiger partial charge in [0.1, 0.15) is 5.75 Å². The van der Waals surface area contributed by atoms with Gasteiger partial charge in [-0.15, -0.1) is 0 Å². The lowest BCUT2D eigenvalue weighted by molar-refractivity contribution is 0.0600. The van der Waals surface area contributed by atoms with Gasteiger partial charge in [0, 0.05) is 12.2 Å². The topological polar surface area (TPSA) is 76.7 Å². The Hall–Kier alpha value is -3.02. The summed E-state index contributed by atoms with van der Waals surface area (Å²) in [6.07, 6.45) is 0. The maximum absolute atomic E-state index is 11.9. The molecule has 0 saturated carbocycles. The van der Waals surface area contributed by atoms with Crippen LogP contribution in [0.3, 0.4) is 0 Å². The summed E-state index contributed by atoms with van der Waals surface area (Å²) in [7, 11) is 2.90. The Morgan fingerprint density at radius 3 is 2.57 bits per heavy atom. The lowest BCUT2D eigenvalue weighted by Crippen LogP contribution is -2.28. The molecule has 0 aliphatic carbocycles. The van der Waals surface area contributed by atoms with E-state index in [1.807, 2.05) is 24.3 Å². The predicted molar refractivity (Wildman–Crippen MR) is 86.6 cm³/mol. The van der Waals surface area contributed by atoms with Gasteiger partial charge in [-0.25, -0.2) is 9.59 Å². The van der Waals surface area contributed by atoms with Crippen LogP contribution in [0.1, 0.15) is 15.9 Å². The Kier molecular flexibility index (Phi) is 5.57. The van der Waals surface area contributed by atoms with Gasteiger partial charge < -0.3 is 20.1 Å². The number of rotatable bonds is 5. The van der Waals surface area contributed by atoms with Gasteiger partial charge in [-0.3, -0.25) is 0 Å². The predicted octanol–water partition coefficient (Wildman–Crippen LogP) is 2.80. The number of nitrogens with one attached hydrogen (secondary N) is 2. The summed E-state index contributed by atoms with van der Waals surface area (Å²) in [6.45, 7) is 0.361. The summed E-state index contributed by atoms with van der Waals surface area (Å²) in [6, 6.07) is 13.6. The summed E-state index contributed by atoms with van der Waals surface area (Å²) in [5.41, 5.74) is 1.80. The van der Waals surface area contributed by atoms with E-state index in [0.717, 1.165) is 11.3 Å². The first-order valence-corrected chi connectivity index (χ1v) is 6.98. The van der Waals surface area contributed by atoms with E-state index in [-0.39, 0.29) is 6.03 Å². The monoisotopic (exact) mass is 314 g/mol. The number of carbonyl (C=O) groups excluding carboxylic acids is 2. The highest BCUT2D eigenvalue weighted by atomic mass is 16.5. The van der Waals surface area contributed by atoms with Crippen LogP contribution in [0.5, 0.6) is 5.75 Å². The molecule has 0 aliphatic rings. The first-order valence-electron chi connectivity index (χ1n) is 6.98. The van der Waals surface area contributed by atoms with Crippen molar-refractivity contribution >= 4 is 17.7 Å². The summed E-state index contributed by atoms with van der Waals surface area (Å²) >= 11 is 0. The van der Waals surface area contributed by atoms with Crippen LogP contribution < -0.4 is 15.4 Å². The molecule has 6 nitrogen and oxygen atoms in total. The molecule has 0 spiro atoms. The quantitative estimate of drug-likeness (QED) is 0.832. The lowest BCUT2D eigenvalue weighted by atomic mass is 10.2. The Balaban J connectivity index is 1.93. The van der Waals surface area contributed by atoms with E-state index in [1.165, 1.54) is 7.11 Å². The fourth-order valence-corrected chi connectivity index (χ4v) is 1.98. The number of ether oxygens (including phenoxy) is 2. The van der Waals surface area contributed by atoms with Crippen LogP contribution in [-0.2, 0) is 11.3 Å². The van der Waals surface area contributed by atoms with Crippen molar-refractivity contribution < 1.29 is 19.1 Å². The average molecular weight is 314 g/mol. The smallest absolute Gasteiger partial charge is 0.337 e. The molecule has 0 aliphatic heterocycles. The molecule has 2 amide bonds.